The highest BCUT2D eigenvalue weighted by atomic mass is 16.5. The molecule has 0 saturated carbocycles. The third-order valence-electron chi connectivity index (χ3n) is 3.88. The zero-order valence-electron chi connectivity index (χ0n) is 14.1. The maximum Gasteiger partial charge on any atom is 0.253 e. The molecule has 2 amide bonds. The van der Waals surface area contributed by atoms with E-state index in [1.54, 1.807) is 24.3 Å². The van der Waals surface area contributed by atoms with Crippen LogP contribution in [0.15, 0.2) is 24.3 Å². The first-order chi connectivity index (χ1) is 10.9. The fraction of sp³-hybridized carbons (Fsp3) is 0.556. The van der Waals surface area contributed by atoms with E-state index in [9.17, 15) is 9.59 Å². The van der Waals surface area contributed by atoms with E-state index in [-0.39, 0.29) is 17.9 Å². The van der Waals surface area contributed by atoms with Crippen molar-refractivity contribution in [3.63, 3.8) is 0 Å². The summed E-state index contributed by atoms with van der Waals surface area (Å²) >= 11 is 0. The molecule has 0 aliphatic carbocycles. The zero-order chi connectivity index (χ0) is 16.9. The van der Waals surface area contributed by atoms with Crippen LogP contribution in [0.1, 0.15) is 50.4 Å². The van der Waals surface area contributed by atoms with Crippen LogP contribution < -0.4 is 10.6 Å². The van der Waals surface area contributed by atoms with Gasteiger partial charge in [0.15, 0.2) is 0 Å². The van der Waals surface area contributed by atoms with Gasteiger partial charge in [0, 0.05) is 18.6 Å². The minimum absolute atomic E-state index is 0.114. The van der Waals surface area contributed by atoms with Crippen LogP contribution in [0.5, 0.6) is 0 Å². The van der Waals surface area contributed by atoms with Crippen molar-refractivity contribution in [2.75, 3.05) is 18.5 Å². The predicted molar refractivity (Wildman–Crippen MR) is 90.5 cm³/mol. The standard InChI is InChI=1S/C18H26N2O3/c1-18(2,3)17(22)20-15-9-5-4-8-14(15)16(21)19-11-10-13-7-6-12-23-13/h4-5,8-9,13H,6-7,10-12H2,1-3H3,(H,19,21)(H,20,22). The molecule has 1 heterocycles. The number of carbonyl (C=O) groups excluding carboxylic acids is 2. The maximum atomic E-state index is 12.4. The van der Waals surface area contributed by atoms with Crippen molar-refractivity contribution in [1.82, 2.24) is 5.32 Å². The van der Waals surface area contributed by atoms with Crippen molar-refractivity contribution >= 4 is 17.5 Å². The molecule has 1 aliphatic rings. The Kier molecular flexibility index (Phi) is 5.77. The summed E-state index contributed by atoms with van der Waals surface area (Å²) in [6.45, 7) is 6.91. The average molecular weight is 318 g/mol. The third-order valence-corrected chi connectivity index (χ3v) is 3.88. The normalized spacial score (nSPS) is 17.8. The van der Waals surface area contributed by atoms with Crippen LogP contribution >= 0.6 is 0 Å². The highest BCUT2D eigenvalue weighted by Crippen LogP contribution is 2.20. The second kappa shape index (κ2) is 7.59. The van der Waals surface area contributed by atoms with Crippen LogP contribution in [0.4, 0.5) is 5.69 Å². The topological polar surface area (TPSA) is 67.4 Å². The first-order valence-corrected chi connectivity index (χ1v) is 8.18. The van der Waals surface area contributed by atoms with Gasteiger partial charge in [-0.25, -0.2) is 0 Å². The van der Waals surface area contributed by atoms with Crippen LogP contribution in [0.2, 0.25) is 0 Å². The van der Waals surface area contributed by atoms with Crippen molar-refractivity contribution in [2.45, 2.75) is 46.1 Å². The largest absolute Gasteiger partial charge is 0.378 e. The van der Waals surface area contributed by atoms with Gasteiger partial charge < -0.3 is 15.4 Å². The fourth-order valence-electron chi connectivity index (χ4n) is 2.41. The molecule has 0 spiro atoms. The molecule has 1 aliphatic heterocycles. The lowest BCUT2D eigenvalue weighted by atomic mass is 9.95. The lowest BCUT2D eigenvalue weighted by Crippen LogP contribution is -2.31. The number of carbonyl (C=O) groups is 2. The summed E-state index contributed by atoms with van der Waals surface area (Å²) in [5.41, 5.74) is 0.517. The van der Waals surface area contributed by atoms with E-state index in [0.717, 1.165) is 25.9 Å². The predicted octanol–water partition coefficient (Wildman–Crippen LogP) is 2.97. The molecule has 5 nitrogen and oxygen atoms in total. The van der Waals surface area contributed by atoms with Crippen LogP contribution in [-0.2, 0) is 9.53 Å². The summed E-state index contributed by atoms with van der Waals surface area (Å²) in [5, 5.41) is 5.75. The third kappa shape index (κ3) is 5.06. The smallest absolute Gasteiger partial charge is 0.253 e. The summed E-state index contributed by atoms with van der Waals surface area (Å²) < 4.78 is 5.55. The Labute approximate surface area is 137 Å². The molecule has 1 fully saturated rings. The summed E-state index contributed by atoms with van der Waals surface area (Å²) in [5.74, 6) is -0.287. The van der Waals surface area contributed by atoms with Crippen LogP contribution in [0.25, 0.3) is 0 Å². The van der Waals surface area contributed by atoms with Crippen molar-refractivity contribution in [1.29, 1.82) is 0 Å². The lowest BCUT2D eigenvalue weighted by Gasteiger charge is -2.19. The highest BCUT2D eigenvalue weighted by Gasteiger charge is 2.23. The molecule has 0 aromatic heterocycles. The number of benzene rings is 1. The number of nitrogens with one attached hydrogen (secondary N) is 2. The number of para-hydroxylation sites is 1. The van der Waals surface area contributed by atoms with Gasteiger partial charge in [-0.1, -0.05) is 32.9 Å². The van der Waals surface area contributed by atoms with Crippen LogP contribution in [-0.4, -0.2) is 31.1 Å². The van der Waals surface area contributed by atoms with Gasteiger partial charge in [-0.3, -0.25) is 9.59 Å². The second-order valence-corrected chi connectivity index (χ2v) is 6.93. The molecule has 5 heteroatoms. The summed E-state index contributed by atoms with van der Waals surface area (Å²) in [6.07, 6.45) is 3.24. The number of rotatable bonds is 5. The van der Waals surface area contributed by atoms with Crippen molar-refractivity contribution in [2.24, 2.45) is 5.41 Å². The van der Waals surface area contributed by atoms with E-state index in [0.29, 0.717) is 17.8 Å². The monoisotopic (exact) mass is 318 g/mol. The van der Waals surface area contributed by atoms with E-state index in [2.05, 4.69) is 10.6 Å². The molecule has 2 rings (SSSR count). The Morgan fingerprint density at radius 1 is 1.26 bits per heavy atom. The first-order valence-electron chi connectivity index (χ1n) is 8.18. The van der Waals surface area contributed by atoms with Crippen molar-refractivity contribution in [3.8, 4) is 0 Å². The highest BCUT2D eigenvalue weighted by molar-refractivity contribution is 6.04. The number of amides is 2. The number of anilines is 1. The Balaban J connectivity index is 1.95. The van der Waals surface area contributed by atoms with Gasteiger partial charge >= 0.3 is 0 Å². The Morgan fingerprint density at radius 3 is 2.65 bits per heavy atom. The molecule has 0 bridgehead atoms. The minimum atomic E-state index is -0.511. The lowest BCUT2D eigenvalue weighted by molar-refractivity contribution is -0.123. The Bertz CT molecular complexity index is 558. The molecule has 2 N–H and O–H groups in total. The van der Waals surface area contributed by atoms with Gasteiger partial charge in [0.25, 0.3) is 5.91 Å². The van der Waals surface area contributed by atoms with Crippen molar-refractivity contribution < 1.29 is 14.3 Å². The number of ether oxygens (including phenoxy) is 1. The zero-order valence-corrected chi connectivity index (χ0v) is 14.1. The molecule has 1 unspecified atom stereocenters. The van der Waals surface area contributed by atoms with Gasteiger partial charge in [0.1, 0.15) is 0 Å². The van der Waals surface area contributed by atoms with Crippen LogP contribution in [0.3, 0.4) is 0 Å². The summed E-state index contributed by atoms with van der Waals surface area (Å²) in [7, 11) is 0. The summed E-state index contributed by atoms with van der Waals surface area (Å²) in [6, 6.07) is 7.07. The van der Waals surface area contributed by atoms with Gasteiger partial charge in [-0.15, -0.1) is 0 Å². The van der Waals surface area contributed by atoms with E-state index in [4.69, 9.17) is 4.74 Å². The number of hydrogen-bond acceptors (Lipinski definition) is 3. The van der Waals surface area contributed by atoms with Crippen molar-refractivity contribution in [3.05, 3.63) is 29.8 Å². The van der Waals surface area contributed by atoms with Gasteiger partial charge in [-0.2, -0.15) is 0 Å². The molecule has 1 aromatic rings. The van der Waals surface area contributed by atoms with E-state index in [1.807, 2.05) is 20.8 Å². The summed E-state index contributed by atoms with van der Waals surface area (Å²) in [4.78, 5) is 24.5. The van der Waals surface area contributed by atoms with E-state index in [1.165, 1.54) is 0 Å². The van der Waals surface area contributed by atoms with Gasteiger partial charge in [0.05, 0.1) is 17.4 Å². The van der Waals surface area contributed by atoms with Crippen LogP contribution in [0, 0.1) is 5.41 Å². The molecular weight excluding hydrogens is 292 g/mol. The maximum absolute atomic E-state index is 12.4. The minimum Gasteiger partial charge on any atom is -0.378 e. The first kappa shape index (κ1) is 17.5. The molecule has 1 saturated heterocycles. The molecule has 0 radical (unpaired) electrons. The molecule has 1 atom stereocenters. The Morgan fingerprint density at radius 2 is 2.00 bits per heavy atom. The average Bonchev–Trinajstić information content (AvgIpc) is 3.00. The van der Waals surface area contributed by atoms with E-state index >= 15 is 0 Å². The van der Waals surface area contributed by atoms with Gasteiger partial charge in [-0.05, 0) is 31.4 Å². The SMILES string of the molecule is CC(C)(C)C(=O)Nc1ccccc1C(=O)NCCC1CCCO1. The molecule has 23 heavy (non-hydrogen) atoms. The molecule has 126 valence electrons. The molecular formula is C18H26N2O3. The second-order valence-electron chi connectivity index (χ2n) is 6.93. The Hall–Kier alpha value is -1.88. The van der Waals surface area contributed by atoms with E-state index < -0.39 is 5.41 Å². The fourth-order valence-corrected chi connectivity index (χ4v) is 2.41. The quantitative estimate of drug-likeness (QED) is 0.877. The molecule has 1 aromatic carbocycles. The van der Waals surface area contributed by atoms with Gasteiger partial charge in [0.2, 0.25) is 5.91 Å². The number of hydrogen-bond donors (Lipinski definition) is 2.